The minimum atomic E-state index is 0.232. The molecule has 2 aromatic carbocycles. The van der Waals surface area contributed by atoms with E-state index in [2.05, 4.69) is 107 Å². The Kier molecular flexibility index (Phi) is 9.28. The molecule has 160 valence electrons. The predicted octanol–water partition coefficient (Wildman–Crippen LogP) is 9.03. The molecule has 0 aliphatic rings. The summed E-state index contributed by atoms with van der Waals surface area (Å²) >= 11 is 0. The van der Waals surface area contributed by atoms with Crippen molar-refractivity contribution in [2.24, 2.45) is 0 Å². The van der Waals surface area contributed by atoms with Crippen LogP contribution in [0.2, 0.25) is 0 Å². The smallest absolute Gasteiger partial charge is 0.00612 e. The molecular formula is C31H36. The van der Waals surface area contributed by atoms with Crippen LogP contribution in [0.3, 0.4) is 0 Å². The number of hydrogen-bond donors (Lipinski definition) is 0. The maximum Gasteiger partial charge on any atom is 0.00612 e. The van der Waals surface area contributed by atoms with Gasteiger partial charge in [-0.05, 0) is 40.3 Å². The number of benzene rings is 2. The first kappa shape index (κ1) is 24.2. The molecule has 0 radical (unpaired) electrons. The largest absolute Gasteiger partial charge is 0.0991 e. The van der Waals surface area contributed by atoms with E-state index in [1.807, 2.05) is 31.2 Å². The Balaban J connectivity index is 2.64. The van der Waals surface area contributed by atoms with Crippen LogP contribution in [0.4, 0.5) is 0 Å². The standard InChI is InChI=1S/C31H36/c1-8-12-17-27(11-4)24(6)30-20-29(23(5)26(10-3)16-9-2)21-31(22-30)25(7)28-18-14-13-15-19-28/h8-25H,2-4H2,1,5-7H3/b12-8-,26-16+,27-17+. The van der Waals surface area contributed by atoms with Gasteiger partial charge in [-0.15, -0.1) is 0 Å². The lowest BCUT2D eigenvalue weighted by Gasteiger charge is -2.22. The molecule has 0 spiro atoms. The average Bonchev–Trinajstić information content (AvgIpc) is 2.82. The van der Waals surface area contributed by atoms with Crippen molar-refractivity contribution >= 4 is 0 Å². The highest BCUT2D eigenvalue weighted by atomic mass is 14.2. The van der Waals surface area contributed by atoms with E-state index in [9.17, 15) is 0 Å². The topological polar surface area (TPSA) is 0 Å². The molecule has 0 nitrogen and oxygen atoms in total. The molecule has 3 unspecified atom stereocenters. The van der Waals surface area contributed by atoms with Gasteiger partial charge in [0.05, 0.1) is 0 Å². The van der Waals surface area contributed by atoms with E-state index in [1.54, 1.807) is 0 Å². The molecule has 0 N–H and O–H groups in total. The van der Waals surface area contributed by atoms with E-state index < -0.39 is 0 Å². The Labute approximate surface area is 189 Å². The first-order valence-electron chi connectivity index (χ1n) is 11.1. The zero-order valence-electron chi connectivity index (χ0n) is 19.5. The zero-order chi connectivity index (χ0) is 22.8. The summed E-state index contributed by atoms with van der Waals surface area (Å²) < 4.78 is 0. The van der Waals surface area contributed by atoms with Crippen molar-refractivity contribution in [1.82, 2.24) is 0 Å². The number of rotatable bonds is 10. The van der Waals surface area contributed by atoms with Crippen molar-refractivity contribution in [3.05, 3.63) is 144 Å². The Hall–Kier alpha value is -3.12. The minimum Gasteiger partial charge on any atom is -0.0991 e. The molecule has 0 heteroatoms. The number of allylic oxidation sites excluding steroid dienone is 9. The van der Waals surface area contributed by atoms with Gasteiger partial charge in [-0.1, -0.05) is 132 Å². The molecular weight excluding hydrogens is 372 g/mol. The van der Waals surface area contributed by atoms with Crippen molar-refractivity contribution in [1.29, 1.82) is 0 Å². The molecule has 0 aliphatic heterocycles. The Morgan fingerprint density at radius 3 is 1.71 bits per heavy atom. The third-order valence-corrected chi connectivity index (χ3v) is 6.06. The van der Waals surface area contributed by atoms with Crippen LogP contribution in [-0.4, -0.2) is 0 Å². The summed E-state index contributed by atoms with van der Waals surface area (Å²) in [5, 5.41) is 0. The second-order valence-corrected chi connectivity index (χ2v) is 8.01. The van der Waals surface area contributed by atoms with E-state index in [4.69, 9.17) is 0 Å². The summed E-state index contributed by atoms with van der Waals surface area (Å²) in [4.78, 5) is 0. The van der Waals surface area contributed by atoms with Crippen molar-refractivity contribution in [3.8, 4) is 0 Å². The number of hydrogen-bond acceptors (Lipinski definition) is 0. The van der Waals surface area contributed by atoms with Gasteiger partial charge in [0.15, 0.2) is 0 Å². The predicted molar refractivity (Wildman–Crippen MR) is 139 cm³/mol. The quantitative estimate of drug-likeness (QED) is 0.344. The van der Waals surface area contributed by atoms with E-state index in [1.165, 1.54) is 33.4 Å². The molecule has 0 aliphatic carbocycles. The molecule has 0 aromatic heterocycles. The third kappa shape index (κ3) is 6.18. The Morgan fingerprint density at radius 1 is 0.710 bits per heavy atom. The lowest BCUT2D eigenvalue weighted by atomic mass is 9.82. The Bertz CT molecular complexity index is 982. The molecule has 0 saturated heterocycles. The van der Waals surface area contributed by atoms with E-state index in [0.717, 1.165) is 0 Å². The SMILES string of the molecule is C=C/C=C(\C=C)C(C)c1cc(C(C)/C(C=C)=C/C=C\C)cc(C(C)c2ccccc2)c1. The van der Waals surface area contributed by atoms with Gasteiger partial charge in [-0.3, -0.25) is 0 Å². The van der Waals surface area contributed by atoms with Gasteiger partial charge >= 0.3 is 0 Å². The molecule has 0 fully saturated rings. The van der Waals surface area contributed by atoms with Crippen molar-refractivity contribution < 1.29 is 0 Å². The lowest BCUT2D eigenvalue weighted by molar-refractivity contribution is 0.855. The lowest BCUT2D eigenvalue weighted by Crippen LogP contribution is -2.05. The summed E-state index contributed by atoms with van der Waals surface area (Å²) in [6.07, 6.45) is 14.1. The molecule has 0 bridgehead atoms. The average molecular weight is 409 g/mol. The summed E-state index contributed by atoms with van der Waals surface area (Å²) in [6.45, 7) is 20.8. The van der Waals surface area contributed by atoms with Gasteiger partial charge in [0.2, 0.25) is 0 Å². The van der Waals surface area contributed by atoms with Crippen LogP contribution >= 0.6 is 0 Å². The van der Waals surface area contributed by atoms with Crippen LogP contribution in [0, 0.1) is 0 Å². The normalized spacial score (nSPS) is 15.4. The second kappa shape index (κ2) is 11.9. The second-order valence-electron chi connectivity index (χ2n) is 8.01. The molecule has 0 amide bonds. The summed E-state index contributed by atoms with van der Waals surface area (Å²) in [5.74, 6) is 0.788. The fourth-order valence-corrected chi connectivity index (χ4v) is 3.89. The van der Waals surface area contributed by atoms with E-state index in [0.29, 0.717) is 5.92 Å². The molecule has 2 rings (SSSR count). The fourth-order valence-electron chi connectivity index (χ4n) is 3.89. The van der Waals surface area contributed by atoms with E-state index >= 15 is 0 Å². The van der Waals surface area contributed by atoms with Gasteiger partial charge in [0, 0.05) is 17.8 Å². The monoisotopic (exact) mass is 408 g/mol. The van der Waals surface area contributed by atoms with Crippen LogP contribution in [0.5, 0.6) is 0 Å². The van der Waals surface area contributed by atoms with Crippen molar-refractivity contribution in [2.75, 3.05) is 0 Å². The van der Waals surface area contributed by atoms with Crippen LogP contribution in [0.25, 0.3) is 0 Å². The van der Waals surface area contributed by atoms with Gasteiger partial charge in [-0.2, -0.15) is 0 Å². The van der Waals surface area contributed by atoms with Crippen molar-refractivity contribution in [2.45, 2.75) is 45.4 Å². The van der Waals surface area contributed by atoms with E-state index in [-0.39, 0.29) is 11.8 Å². The van der Waals surface area contributed by atoms with Crippen LogP contribution in [-0.2, 0) is 0 Å². The highest BCUT2D eigenvalue weighted by Crippen LogP contribution is 2.35. The maximum absolute atomic E-state index is 4.05. The summed E-state index contributed by atoms with van der Waals surface area (Å²) in [5.41, 5.74) is 7.64. The van der Waals surface area contributed by atoms with Crippen LogP contribution < -0.4 is 0 Å². The molecule has 0 saturated carbocycles. The highest BCUT2D eigenvalue weighted by molar-refractivity contribution is 5.46. The van der Waals surface area contributed by atoms with Crippen molar-refractivity contribution in [3.63, 3.8) is 0 Å². The maximum atomic E-state index is 4.05. The van der Waals surface area contributed by atoms with Crippen LogP contribution in [0.15, 0.2) is 122 Å². The first-order chi connectivity index (χ1) is 15.0. The molecule has 3 atom stereocenters. The zero-order valence-corrected chi connectivity index (χ0v) is 19.5. The summed E-state index contributed by atoms with van der Waals surface area (Å²) in [7, 11) is 0. The molecule has 0 heterocycles. The van der Waals surface area contributed by atoms with Gasteiger partial charge in [0.25, 0.3) is 0 Å². The van der Waals surface area contributed by atoms with Crippen LogP contribution in [0.1, 0.15) is 67.7 Å². The highest BCUT2D eigenvalue weighted by Gasteiger charge is 2.18. The third-order valence-electron chi connectivity index (χ3n) is 6.06. The molecule has 2 aromatic rings. The molecule has 31 heavy (non-hydrogen) atoms. The van der Waals surface area contributed by atoms with Gasteiger partial charge in [0.1, 0.15) is 0 Å². The van der Waals surface area contributed by atoms with Gasteiger partial charge in [-0.25, -0.2) is 0 Å². The fraction of sp³-hybridized carbons (Fsp3) is 0.226. The first-order valence-corrected chi connectivity index (χ1v) is 11.1. The minimum absolute atomic E-state index is 0.232. The Morgan fingerprint density at radius 2 is 1.23 bits per heavy atom. The van der Waals surface area contributed by atoms with Gasteiger partial charge < -0.3 is 0 Å². The summed E-state index contributed by atoms with van der Waals surface area (Å²) in [6, 6.07) is 17.7.